The van der Waals surface area contributed by atoms with Gasteiger partial charge in [-0.2, -0.15) is 5.10 Å². The molecule has 0 fully saturated rings. The highest BCUT2D eigenvalue weighted by atomic mass is 16.5. The summed E-state index contributed by atoms with van der Waals surface area (Å²) in [6, 6.07) is -0.515. The van der Waals surface area contributed by atoms with Crippen LogP contribution in [0.3, 0.4) is 0 Å². The second-order valence-corrected chi connectivity index (χ2v) is 3.53. The Morgan fingerprint density at radius 3 is 2.84 bits per heavy atom. The van der Waals surface area contributed by atoms with Crippen LogP contribution in [0.5, 0.6) is 0 Å². The van der Waals surface area contributed by atoms with Crippen LogP contribution in [0.2, 0.25) is 0 Å². The smallest absolute Gasteiger partial charge is 0.325 e. The lowest BCUT2D eigenvalue weighted by atomic mass is 10.4. The number of rotatable bonds is 6. The molecule has 9 heteroatoms. The summed E-state index contributed by atoms with van der Waals surface area (Å²) >= 11 is 0. The molecule has 0 aliphatic rings. The molecular weight excluding hydrogens is 256 g/mol. The van der Waals surface area contributed by atoms with Crippen molar-refractivity contribution in [2.45, 2.75) is 13.0 Å². The lowest BCUT2D eigenvalue weighted by Crippen LogP contribution is -2.30. The zero-order chi connectivity index (χ0) is 14.3. The van der Waals surface area contributed by atoms with Crippen molar-refractivity contribution in [3.63, 3.8) is 0 Å². The molecule has 0 aliphatic heterocycles. The van der Waals surface area contributed by atoms with Crippen molar-refractivity contribution in [1.82, 2.24) is 15.1 Å². The summed E-state index contributed by atoms with van der Waals surface area (Å²) in [5, 5.41) is 17.2. The molecule has 9 nitrogen and oxygen atoms in total. The van der Waals surface area contributed by atoms with Gasteiger partial charge in [0.05, 0.1) is 25.4 Å². The Morgan fingerprint density at radius 1 is 1.47 bits per heavy atom. The molecule has 1 aromatic rings. The third-order valence-electron chi connectivity index (χ3n) is 2.03. The van der Waals surface area contributed by atoms with E-state index in [4.69, 9.17) is 5.11 Å². The summed E-state index contributed by atoms with van der Waals surface area (Å²) in [5.41, 5.74) is 0.358. The summed E-state index contributed by atoms with van der Waals surface area (Å²) in [6.07, 6.45) is 2.78. The molecule has 1 aromatic heterocycles. The Labute approximate surface area is 108 Å². The number of carboxylic acid groups (broad SMARTS) is 1. The lowest BCUT2D eigenvalue weighted by Gasteiger charge is -2.04. The van der Waals surface area contributed by atoms with E-state index in [0.717, 1.165) is 0 Å². The number of carboxylic acids is 1. The molecule has 0 saturated heterocycles. The van der Waals surface area contributed by atoms with Gasteiger partial charge in [-0.05, 0) is 0 Å². The molecule has 0 bridgehead atoms. The zero-order valence-electron chi connectivity index (χ0n) is 10.3. The molecule has 0 spiro atoms. The first kappa shape index (κ1) is 14.5. The molecule has 104 valence electrons. The van der Waals surface area contributed by atoms with Crippen molar-refractivity contribution in [2.75, 3.05) is 19.0 Å². The van der Waals surface area contributed by atoms with Crippen LogP contribution in [0.15, 0.2) is 12.4 Å². The molecule has 1 heterocycles. The molecule has 19 heavy (non-hydrogen) atoms. The van der Waals surface area contributed by atoms with E-state index in [2.05, 4.69) is 20.5 Å². The van der Waals surface area contributed by atoms with Gasteiger partial charge >= 0.3 is 18.0 Å². The molecule has 0 aromatic carbocycles. The van der Waals surface area contributed by atoms with Gasteiger partial charge in [0.1, 0.15) is 6.54 Å². The number of carbonyl (C=O) groups excluding carboxylic acids is 2. The SMILES string of the molecule is COC(=O)CCNC(=O)Nc1cnn(CC(=O)O)c1. The molecule has 0 radical (unpaired) electrons. The predicted octanol–water partition coefficient (Wildman–Crippen LogP) is -0.348. The Kier molecular flexibility index (Phi) is 5.33. The van der Waals surface area contributed by atoms with Gasteiger partial charge < -0.3 is 20.5 Å². The predicted molar refractivity (Wildman–Crippen MR) is 63.5 cm³/mol. The maximum absolute atomic E-state index is 11.4. The highest BCUT2D eigenvalue weighted by Crippen LogP contribution is 2.04. The first-order chi connectivity index (χ1) is 9.01. The van der Waals surface area contributed by atoms with Gasteiger partial charge in [0.15, 0.2) is 0 Å². The first-order valence-corrected chi connectivity index (χ1v) is 5.37. The number of nitrogens with one attached hydrogen (secondary N) is 2. The standard InChI is InChI=1S/C10H14N4O5/c1-19-9(17)2-3-11-10(18)13-7-4-12-14(5-7)6-8(15)16/h4-5H,2-3,6H2,1H3,(H,15,16)(H2,11,13,18). The van der Waals surface area contributed by atoms with E-state index < -0.39 is 18.0 Å². The van der Waals surface area contributed by atoms with Gasteiger partial charge in [-0.3, -0.25) is 14.3 Å². The van der Waals surface area contributed by atoms with Gasteiger partial charge in [-0.25, -0.2) is 4.79 Å². The minimum absolute atomic E-state index is 0.0716. The number of hydrogen-bond donors (Lipinski definition) is 3. The van der Waals surface area contributed by atoms with Crippen LogP contribution in [-0.2, 0) is 20.9 Å². The van der Waals surface area contributed by atoms with Gasteiger partial charge in [-0.15, -0.1) is 0 Å². The van der Waals surface area contributed by atoms with Crippen molar-refractivity contribution in [2.24, 2.45) is 0 Å². The normalized spacial score (nSPS) is 9.74. The highest BCUT2D eigenvalue weighted by molar-refractivity contribution is 5.89. The molecule has 1 rings (SSSR count). The summed E-state index contributed by atoms with van der Waals surface area (Å²) < 4.78 is 5.58. The van der Waals surface area contributed by atoms with E-state index in [0.29, 0.717) is 5.69 Å². The first-order valence-electron chi connectivity index (χ1n) is 5.37. The fraction of sp³-hybridized carbons (Fsp3) is 0.400. The third kappa shape index (κ3) is 5.52. The minimum atomic E-state index is -1.03. The minimum Gasteiger partial charge on any atom is -0.480 e. The topological polar surface area (TPSA) is 123 Å². The van der Waals surface area contributed by atoms with E-state index in [1.165, 1.54) is 24.2 Å². The van der Waals surface area contributed by atoms with Crippen LogP contribution in [0.4, 0.5) is 10.5 Å². The van der Waals surface area contributed by atoms with E-state index >= 15 is 0 Å². The van der Waals surface area contributed by atoms with Crippen LogP contribution >= 0.6 is 0 Å². The average Bonchev–Trinajstić information content (AvgIpc) is 2.75. The Bertz CT molecular complexity index is 470. The number of carbonyl (C=O) groups is 3. The fourth-order valence-electron chi connectivity index (χ4n) is 1.21. The maximum Gasteiger partial charge on any atom is 0.325 e. The number of esters is 1. The quantitative estimate of drug-likeness (QED) is 0.607. The second kappa shape index (κ2) is 6.99. The molecular formula is C10H14N4O5. The molecule has 0 unspecified atom stereocenters. The van der Waals surface area contributed by atoms with Crippen LogP contribution in [0.25, 0.3) is 0 Å². The number of nitrogens with zero attached hydrogens (tertiary/aromatic N) is 2. The van der Waals surface area contributed by atoms with E-state index in [1.54, 1.807) is 0 Å². The maximum atomic E-state index is 11.4. The number of amides is 2. The van der Waals surface area contributed by atoms with Crippen molar-refractivity contribution in [1.29, 1.82) is 0 Å². The number of hydrogen-bond acceptors (Lipinski definition) is 5. The lowest BCUT2D eigenvalue weighted by molar-refractivity contribution is -0.140. The van der Waals surface area contributed by atoms with Crippen LogP contribution in [0.1, 0.15) is 6.42 Å². The second-order valence-electron chi connectivity index (χ2n) is 3.53. The number of anilines is 1. The Hall–Kier alpha value is -2.58. The highest BCUT2D eigenvalue weighted by Gasteiger charge is 2.06. The number of aromatic nitrogens is 2. The van der Waals surface area contributed by atoms with E-state index in [-0.39, 0.29) is 19.5 Å². The third-order valence-corrected chi connectivity index (χ3v) is 2.03. The zero-order valence-corrected chi connectivity index (χ0v) is 10.3. The van der Waals surface area contributed by atoms with Crippen LogP contribution in [0, 0.1) is 0 Å². The van der Waals surface area contributed by atoms with Crippen LogP contribution < -0.4 is 10.6 Å². The van der Waals surface area contributed by atoms with E-state index in [9.17, 15) is 14.4 Å². The van der Waals surface area contributed by atoms with Crippen LogP contribution in [-0.4, -0.2) is 46.5 Å². The van der Waals surface area contributed by atoms with Gasteiger partial charge in [-0.1, -0.05) is 0 Å². The average molecular weight is 270 g/mol. The monoisotopic (exact) mass is 270 g/mol. The van der Waals surface area contributed by atoms with Crippen molar-refractivity contribution in [3.8, 4) is 0 Å². The molecule has 3 N–H and O–H groups in total. The van der Waals surface area contributed by atoms with E-state index in [1.807, 2.05) is 0 Å². The molecule has 0 saturated carbocycles. The molecule has 0 atom stereocenters. The Morgan fingerprint density at radius 2 is 2.21 bits per heavy atom. The van der Waals surface area contributed by atoms with Crippen molar-refractivity contribution >= 4 is 23.7 Å². The summed E-state index contributed by atoms with van der Waals surface area (Å²) in [5.74, 6) is -1.45. The summed E-state index contributed by atoms with van der Waals surface area (Å²) in [7, 11) is 1.26. The Balaban J connectivity index is 2.34. The number of ether oxygens (including phenoxy) is 1. The van der Waals surface area contributed by atoms with Gasteiger partial charge in [0.25, 0.3) is 0 Å². The van der Waals surface area contributed by atoms with Crippen molar-refractivity contribution < 1.29 is 24.2 Å². The number of aliphatic carboxylic acids is 1. The van der Waals surface area contributed by atoms with Gasteiger partial charge in [0, 0.05) is 12.7 Å². The summed E-state index contributed by atoms with van der Waals surface area (Å²) in [6.45, 7) is -0.145. The van der Waals surface area contributed by atoms with Crippen molar-refractivity contribution in [3.05, 3.63) is 12.4 Å². The fourth-order valence-corrected chi connectivity index (χ4v) is 1.21. The number of methoxy groups -OCH3 is 1. The van der Waals surface area contributed by atoms with Gasteiger partial charge in [0.2, 0.25) is 0 Å². The summed E-state index contributed by atoms with van der Waals surface area (Å²) in [4.78, 5) is 32.6. The largest absolute Gasteiger partial charge is 0.480 e. The molecule has 2 amide bonds. The molecule has 0 aliphatic carbocycles. The number of urea groups is 1.